The summed E-state index contributed by atoms with van der Waals surface area (Å²) in [5, 5.41) is 10.5. The quantitative estimate of drug-likeness (QED) is 0.774. The highest BCUT2D eigenvalue weighted by atomic mass is 16.3. The standard InChI is InChI=1S/C14H27N3O2/c1-15(2)10-14(19)6-8-17(11-14)13(18)12-5-4-7-16(3)9-12/h12,19H,4-11H2,1-3H3. The van der Waals surface area contributed by atoms with E-state index in [1.807, 2.05) is 23.9 Å². The van der Waals surface area contributed by atoms with Gasteiger partial charge in [-0.2, -0.15) is 0 Å². The number of hydrogen-bond acceptors (Lipinski definition) is 4. The van der Waals surface area contributed by atoms with Crippen LogP contribution < -0.4 is 0 Å². The minimum atomic E-state index is -0.722. The van der Waals surface area contributed by atoms with Gasteiger partial charge in [0.1, 0.15) is 0 Å². The van der Waals surface area contributed by atoms with Crippen molar-refractivity contribution in [2.24, 2.45) is 5.92 Å². The lowest BCUT2D eigenvalue weighted by atomic mass is 9.97. The van der Waals surface area contributed by atoms with Gasteiger partial charge in [0.25, 0.3) is 0 Å². The number of carbonyl (C=O) groups excluding carboxylic acids is 1. The number of amides is 1. The SMILES string of the molecule is CN(C)CC1(O)CCN(C(=O)C2CCCN(C)C2)C1. The predicted octanol–water partition coefficient (Wildman–Crippen LogP) is -0.147. The lowest BCUT2D eigenvalue weighted by Crippen LogP contribution is -2.46. The van der Waals surface area contributed by atoms with Crippen LogP contribution in [0.15, 0.2) is 0 Å². The number of carbonyl (C=O) groups is 1. The topological polar surface area (TPSA) is 47.0 Å². The molecule has 110 valence electrons. The van der Waals surface area contributed by atoms with Crippen LogP contribution in [-0.4, -0.2) is 85.2 Å². The second kappa shape index (κ2) is 5.77. The predicted molar refractivity (Wildman–Crippen MR) is 74.9 cm³/mol. The van der Waals surface area contributed by atoms with Gasteiger partial charge in [0, 0.05) is 19.6 Å². The van der Waals surface area contributed by atoms with Crippen molar-refractivity contribution in [3.05, 3.63) is 0 Å². The molecular formula is C14H27N3O2. The maximum absolute atomic E-state index is 12.5. The Morgan fingerprint density at radius 3 is 2.79 bits per heavy atom. The largest absolute Gasteiger partial charge is 0.387 e. The molecule has 0 aromatic heterocycles. The molecule has 1 amide bonds. The van der Waals surface area contributed by atoms with Crippen LogP contribution in [0, 0.1) is 5.92 Å². The van der Waals surface area contributed by atoms with Gasteiger partial charge in [-0.1, -0.05) is 0 Å². The first kappa shape index (κ1) is 14.8. The average Bonchev–Trinajstić information content (AvgIpc) is 2.69. The lowest BCUT2D eigenvalue weighted by molar-refractivity contribution is -0.137. The van der Waals surface area contributed by atoms with Gasteiger partial charge in [-0.25, -0.2) is 0 Å². The van der Waals surface area contributed by atoms with Gasteiger partial charge in [-0.05, 0) is 47.0 Å². The molecule has 2 fully saturated rings. The van der Waals surface area contributed by atoms with Gasteiger partial charge >= 0.3 is 0 Å². The van der Waals surface area contributed by atoms with E-state index in [9.17, 15) is 9.90 Å². The maximum atomic E-state index is 12.5. The van der Waals surface area contributed by atoms with E-state index in [0.717, 1.165) is 25.9 Å². The summed E-state index contributed by atoms with van der Waals surface area (Å²) >= 11 is 0. The summed E-state index contributed by atoms with van der Waals surface area (Å²) in [6.45, 7) is 3.77. The van der Waals surface area contributed by atoms with Crippen molar-refractivity contribution in [3.63, 3.8) is 0 Å². The molecule has 2 aliphatic rings. The first-order valence-corrected chi connectivity index (χ1v) is 7.24. The molecule has 2 heterocycles. The molecule has 2 rings (SSSR count). The average molecular weight is 269 g/mol. The number of aliphatic hydroxyl groups is 1. The van der Waals surface area contributed by atoms with E-state index in [4.69, 9.17) is 0 Å². The van der Waals surface area contributed by atoms with E-state index in [2.05, 4.69) is 11.9 Å². The molecule has 19 heavy (non-hydrogen) atoms. The van der Waals surface area contributed by atoms with Gasteiger partial charge in [-0.3, -0.25) is 4.79 Å². The lowest BCUT2D eigenvalue weighted by Gasteiger charge is -2.32. The van der Waals surface area contributed by atoms with Crippen LogP contribution in [-0.2, 0) is 4.79 Å². The molecule has 2 unspecified atom stereocenters. The molecule has 5 heteroatoms. The molecule has 2 atom stereocenters. The van der Waals surface area contributed by atoms with Crippen molar-refractivity contribution < 1.29 is 9.90 Å². The van der Waals surface area contributed by atoms with Crippen LogP contribution in [0.1, 0.15) is 19.3 Å². The molecule has 0 aliphatic carbocycles. The number of hydrogen-bond donors (Lipinski definition) is 1. The summed E-state index contributed by atoms with van der Waals surface area (Å²) in [6.07, 6.45) is 2.79. The molecule has 0 saturated carbocycles. The minimum absolute atomic E-state index is 0.125. The molecule has 2 aliphatic heterocycles. The van der Waals surface area contributed by atoms with Crippen molar-refractivity contribution in [1.82, 2.24) is 14.7 Å². The van der Waals surface area contributed by atoms with E-state index in [1.165, 1.54) is 0 Å². The zero-order valence-electron chi connectivity index (χ0n) is 12.4. The van der Waals surface area contributed by atoms with E-state index in [0.29, 0.717) is 26.1 Å². The molecule has 0 aromatic carbocycles. The minimum Gasteiger partial charge on any atom is -0.387 e. The summed E-state index contributed by atoms with van der Waals surface area (Å²) in [5.74, 6) is 0.363. The number of piperidine rings is 1. The second-order valence-electron chi connectivity index (χ2n) is 6.57. The Bertz CT molecular complexity index is 335. The summed E-state index contributed by atoms with van der Waals surface area (Å²) in [4.78, 5) is 18.6. The Labute approximate surface area is 116 Å². The van der Waals surface area contributed by atoms with E-state index < -0.39 is 5.60 Å². The fourth-order valence-electron chi connectivity index (χ4n) is 3.39. The third kappa shape index (κ3) is 3.68. The third-order valence-electron chi connectivity index (χ3n) is 4.23. The van der Waals surface area contributed by atoms with Gasteiger partial charge < -0.3 is 19.8 Å². The van der Waals surface area contributed by atoms with Crippen molar-refractivity contribution in [1.29, 1.82) is 0 Å². The van der Waals surface area contributed by atoms with Gasteiger partial charge in [0.15, 0.2) is 0 Å². The zero-order valence-corrected chi connectivity index (χ0v) is 12.4. The van der Waals surface area contributed by atoms with Crippen LogP contribution in [0.2, 0.25) is 0 Å². The van der Waals surface area contributed by atoms with Crippen molar-refractivity contribution >= 4 is 5.91 Å². The first-order chi connectivity index (χ1) is 8.89. The monoisotopic (exact) mass is 269 g/mol. The fraction of sp³-hybridized carbons (Fsp3) is 0.929. The number of likely N-dealkylation sites (N-methyl/N-ethyl adjacent to an activating group) is 1. The number of likely N-dealkylation sites (tertiary alicyclic amines) is 2. The number of rotatable bonds is 3. The van der Waals surface area contributed by atoms with Crippen molar-refractivity contribution in [3.8, 4) is 0 Å². The third-order valence-corrected chi connectivity index (χ3v) is 4.23. The van der Waals surface area contributed by atoms with Gasteiger partial charge in [0.2, 0.25) is 5.91 Å². The molecule has 5 nitrogen and oxygen atoms in total. The summed E-state index contributed by atoms with van der Waals surface area (Å²) in [6, 6.07) is 0. The van der Waals surface area contributed by atoms with Crippen LogP contribution in [0.3, 0.4) is 0 Å². The van der Waals surface area contributed by atoms with Crippen LogP contribution >= 0.6 is 0 Å². The van der Waals surface area contributed by atoms with Crippen molar-refractivity contribution in [2.75, 3.05) is 53.9 Å². The van der Waals surface area contributed by atoms with Crippen LogP contribution in [0.25, 0.3) is 0 Å². The Morgan fingerprint density at radius 1 is 1.42 bits per heavy atom. The molecular weight excluding hydrogens is 242 g/mol. The zero-order chi connectivity index (χ0) is 14.0. The van der Waals surface area contributed by atoms with E-state index in [1.54, 1.807) is 0 Å². The highest BCUT2D eigenvalue weighted by Gasteiger charge is 2.40. The Hall–Kier alpha value is -0.650. The number of nitrogens with zero attached hydrogens (tertiary/aromatic N) is 3. The molecule has 0 spiro atoms. The highest BCUT2D eigenvalue weighted by molar-refractivity contribution is 5.79. The first-order valence-electron chi connectivity index (χ1n) is 7.24. The van der Waals surface area contributed by atoms with Crippen LogP contribution in [0.5, 0.6) is 0 Å². The van der Waals surface area contributed by atoms with Crippen LogP contribution in [0.4, 0.5) is 0 Å². The normalized spacial score (nSPS) is 33.1. The molecule has 1 N–H and O–H groups in total. The van der Waals surface area contributed by atoms with Crippen molar-refractivity contribution in [2.45, 2.75) is 24.9 Å². The summed E-state index contributed by atoms with van der Waals surface area (Å²) in [5.41, 5.74) is -0.722. The van der Waals surface area contributed by atoms with E-state index >= 15 is 0 Å². The molecule has 0 aromatic rings. The van der Waals surface area contributed by atoms with Gasteiger partial charge in [-0.15, -0.1) is 0 Å². The fourth-order valence-corrected chi connectivity index (χ4v) is 3.39. The summed E-state index contributed by atoms with van der Waals surface area (Å²) < 4.78 is 0. The smallest absolute Gasteiger partial charge is 0.227 e. The van der Waals surface area contributed by atoms with Gasteiger partial charge in [0.05, 0.1) is 18.1 Å². The molecule has 0 bridgehead atoms. The maximum Gasteiger partial charge on any atom is 0.227 e. The Balaban J connectivity index is 1.91. The van der Waals surface area contributed by atoms with E-state index in [-0.39, 0.29) is 11.8 Å². The Kier molecular flexibility index (Phi) is 4.48. The molecule has 2 saturated heterocycles. The second-order valence-corrected chi connectivity index (χ2v) is 6.57. The Morgan fingerprint density at radius 2 is 2.16 bits per heavy atom. The molecule has 0 radical (unpaired) electrons. The highest BCUT2D eigenvalue weighted by Crippen LogP contribution is 2.25. The summed E-state index contributed by atoms with van der Waals surface area (Å²) in [7, 11) is 5.99. The number of β-amino-alcohol motifs (C(OH)–C–C–N with tert-alkyl or cyclic N) is 1.